The summed E-state index contributed by atoms with van der Waals surface area (Å²) in [4.78, 5) is 16.8. The average Bonchev–Trinajstić information content (AvgIpc) is 3.53. The minimum Gasteiger partial charge on any atom is -0.353 e. The molecule has 0 saturated carbocycles. The summed E-state index contributed by atoms with van der Waals surface area (Å²) in [5, 5.41) is 13.4. The van der Waals surface area contributed by atoms with Crippen molar-refractivity contribution in [1.29, 1.82) is 0 Å². The molecule has 3 N–H and O–H groups in total. The number of nitrogens with one attached hydrogen (secondary N) is 3. The Bertz CT molecular complexity index is 1620. The predicted molar refractivity (Wildman–Crippen MR) is 140 cm³/mol. The van der Waals surface area contributed by atoms with Crippen LogP contribution in [0.4, 0.5) is 0 Å². The smallest absolute Gasteiger partial charge is 0.116 e. The first kappa shape index (κ1) is 21.2. The molecule has 6 aromatic rings. The van der Waals surface area contributed by atoms with Crippen molar-refractivity contribution in [2.75, 3.05) is 6.54 Å². The van der Waals surface area contributed by atoms with Crippen molar-refractivity contribution in [3.8, 4) is 33.8 Å². The van der Waals surface area contributed by atoms with E-state index in [1.165, 1.54) is 0 Å². The summed E-state index contributed by atoms with van der Waals surface area (Å²) >= 11 is 0. The van der Waals surface area contributed by atoms with Gasteiger partial charge in [-0.25, -0.2) is 0 Å². The summed E-state index contributed by atoms with van der Waals surface area (Å²) in [6.07, 6.45) is 10.4. The topological polar surface area (TPSA) is 95.2 Å². The number of pyridine rings is 3. The van der Waals surface area contributed by atoms with Gasteiger partial charge in [0.15, 0.2) is 0 Å². The summed E-state index contributed by atoms with van der Waals surface area (Å²) < 4.78 is 0. The van der Waals surface area contributed by atoms with Gasteiger partial charge in [-0.2, -0.15) is 5.10 Å². The van der Waals surface area contributed by atoms with E-state index in [1.807, 2.05) is 43.1 Å². The van der Waals surface area contributed by atoms with Gasteiger partial charge in [-0.05, 0) is 66.1 Å². The second-order valence-electron chi connectivity index (χ2n) is 8.63. The van der Waals surface area contributed by atoms with Gasteiger partial charge in [0.05, 0.1) is 23.1 Å². The number of hydrogen-bond acceptors (Lipinski definition) is 5. The number of fused-ring (bicyclic) bond motifs is 2. The molecular formula is C28H25N7. The molecule has 1 aromatic carbocycles. The molecule has 0 aliphatic carbocycles. The Morgan fingerprint density at radius 3 is 2.66 bits per heavy atom. The van der Waals surface area contributed by atoms with E-state index in [-0.39, 0.29) is 0 Å². The highest BCUT2D eigenvalue weighted by atomic mass is 15.1. The van der Waals surface area contributed by atoms with Crippen LogP contribution >= 0.6 is 0 Å². The molecular weight excluding hydrogens is 434 g/mol. The van der Waals surface area contributed by atoms with Crippen LogP contribution < -0.4 is 5.32 Å². The molecule has 0 atom stereocenters. The number of hydrogen-bond donors (Lipinski definition) is 3. The van der Waals surface area contributed by atoms with Gasteiger partial charge in [0.25, 0.3) is 0 Å². The summed E-state index contributed by atoms with van der Waals surface area (Å²) in [5.41, 5.74) is 9.09. The van der Waals surface area contributed by atoms with Crippen LogP contribution in [0.2, 0.25) is 0 Å². The Labute approximate surface area is 202 Å². The summed E-state index contributed by atoms with van der Waals surface area (Å²) in [6.45, 7) is 3.94. The molecule has 0 aliphatic rings. The molecule has 7 nitrogen and oxygen atoms in total. The lowest BCUT2D eigenvalue weighted by atomic mass is 10.0. The third kappa shape index (κ3) is 4.06. The van der Waals surface area contributed by atoms with E-state index < -0.39 is 0 Å². The fraction of sp³-hybridized carbons (Fsp3) is 0.143. The Morgan fingerprint density at radius 2 is 1.77 bits per heavy atom. The van der Waals surface area contributed by atoms with Gasteiger partial charge in [-0.3, -0.25) is 20.1 Å². The lowest BCUT2D eigenvalue weighted by molar-refractivity contribution is 0.674. The molecule has 0 amide bonds. The fourth-order valence-corrected chi connectivity index (χ4v) is 4.48. The minimum absolute atomic E-state index is 0.794. The average molecular weight is 460 g/mol. The highest BCUT2D eigenvalue weighted by molar-refractivity contribution is 6.01. The second kappa shape index (κ2) is 9.12. The monoisotopic (exact) mass is 459 g/mol. The third-order valence-corrected chi connectivity index (χ3v) is 6.20. The maximum Gasteiger partial charge on any atom is 0.116 e. The van der Waals surface area contributed by atoms with Crippen molar-refractivity contribution in [1.82, 2.24) is 35.5 Å². The number of H-pyrrole nitrogens is 2. The Balaban J connectivity index is 1.40. The maximum absolute atomic E-state index is 4.67. The minimum atomic E-state index is 0.794. The number of rotatable bonds is 7. The van der Waals surface area contributed by atoms with Gasteiger partial charge in [-0.15, -0.1) is 0 Å². The molecule has 0 bridgehead atoms. The molecule has 35 heavy (non-hydrogen) atoms. The predicted octanol–water partition coefficient (Wildman–Crippen LogP) is 5.73. The molecule has 5 heterocycles. The Hall–Kier alpha value is -4.36. The van der Waals surface area contributed by atoms with Crippen LogP contribution in [0.5, 0.6) is 0 Å². The molecule has 5 aromatic heterocycles. The summed E-state index contributed by atoms with van der Waals surface area (Å²) in [6, 6.07) is 16.8. The molecule has 0 unspecified atom stereocenters. The van der Waals surface area contributed by atoms with E-state index in [4.69, 9.17) is 0 Å². The molecule has 0 spiro atoms. The zero-order valence-electron chi connectivity index (χ0n) is 19.4. The van der Waals surface area contributed by atoms with Crippen LogP contribution in [0.1, 0.15) is 18.9 Å². The first-order valence-electron chi connectivity index (χ1n) is 11.8. The lowest BCUT2D eigenvalue weighted by Gasteiger charge is -2.06. The maximum atomic E-state index is 4.67. The van der Waals surface area contributed by atoms with Crippen molar-refractivity contribution < 1.29 is 0 Å². The van der Waals surface area contributed by atoms with Crippen molar-refractivity contribution in [2.24, 2.45) is 0 Å². The van der Waals surface area contributed by atoms with Crippen LogP contribution in [0.15, 0.2) is 79.5 Å². The Morgan fingerprint density at radius 1 is 0.857 bits per heavy atom. The normalized spacial score (nSPS) is 11.5. The van der Waals surface area contributed by atoms with Crippen LogP contribution in [-0.4, -0.2) is 36.7 Å². The van der Waals surface area contributed by atoms with Gasteiger partial charge < -0.3 is 10.3 Å². The third-order valence-electron chi connectivity index (χ3n) is 6.20. The van der Waals surface area contributed by atoms with Gasteiger partial charge in [-0.1, -0.05) is 19.1 Å². The van der Waals surface area contributed by atoms with Crippen LogP contribution in [0.3, 0.4) is 0 Å². The molecule has 0 fully saturated rings. The highest BCUT2D eigenvalue weighted by Gasteiger charge is 2.15. The molecule has 172 valence electrons. The zero-order valence-corrected chi connectivity index (χ0v) is 19.4. The number of aromatic amines is 2. The standard InChI is InChI=1S/C28H25N7/c1-2-8-30-14-18-11-20(16-31-15-18)25-13-23-27(17-32-25)34-35-28(23)26-12-22-21(4-3-5-24(22)33-26)19-6-9-29-10-7-19/h3-7,9-13,15-17,30,33H,2,8,14H2,1H3,(H,34,35). The van der Waals surface area contributed by atoms with E-state index in [0.29, 0.717) is 0 Å². The number of nitrogens with zero attached hydrogens (tertiary/aromatic N) is 4. The molecule has 0 radical (unpaired) electrons. The first-order chi connectivity index (χ1) is 17.3. The summed E-state index contributed by atoms with van der Waals surface area (Å²) in [7, 11) is 0. The second-order valence-corrected chi connectivity index (χ2v) is 8.63. The number of aromatic nitrogens is 6. The lowest BCUT2D eigenvalue weighted by Crippen LogP contribution is -2.13. The van der Waals surface area contributed by atoms with Crippen molar-refractivity contribution in [3.05, 3.63) is 85.1 Å². The Kier molecular flexibility index (Phi) is 5.52. The molecule has 0 aliphatic heterocycles. The van der Waals surface area contributed by atoms with E-state index in [9.17, 15) is 0 Å². The van der Waals surface area contributed by atoms with Crippen LogP contribution in [-0.2, 0) is 6.54 Å². The van der Waals surface area contributed by atoms with Gasteiger partial charge in [0.1, 0.15) is 5.69 Å². The van der Waals surface area contributed by atoms with Crippen molar-refractivity contribution >= 4 is 21.8 Å². The zero-order chi connectivity index (χ0) is 23.6. The fourth-order valence-electron chi connectivity index (χ4n) is 4.48. The molecule has 0 saturated heterocycles. The van der Waals surface area contributed by atoms with Gasteiger partial charge in [0.2, 0.25) is 0 Å². The van der Waals surface area contributed by atoms with E-state index in [1.54, 1.807) is 0 Å². The van der Waals surface area contributed by atoms with Crippen LogP contribution in [0.25, 0.3) is 55.6 Å². The summed E-state index contributed by atoms with van der Waals surface area (Å²) in [5.74, 6) is 0. The van der Waals surface area contributed by atoms with E-state index >= 15 is 0 Å². The highest BCUT2D eigenvalue weighted by Crippen LogP contribution is 2.34. The molecule has 6 rings (SSSR count). The van der Waals surface area contributed by atoms with E-state index in [0.717, 1.165) is 80.7 Å². The largest absolute Gasteiger partial charge is 0.353 e. The van der Waals surface area contributed by atoms with Gasteiger partial charge in [0, 0.05) is 53.2 Å². The van der Waals surface area contributed by atoms with E-state index in [2.05, 4.69) is 78.8 Å². The SMILES string of the molecule is CCCNCc1cncc(-c2cc3c(-c4cc5c(-c6ccncc6)cccc5[nH]4)n[nH]c3cn2)c1. The quantitative estimate of drug-likeness (QED) is 0.265. The number of benzene rings is 1. The van der Waals surface area contributed by atoms with Crippen LogP contribution in [0, 0.1) is 0 Å². The van der Waals surface area contributed by atoms with Crippen molar-refractivity contribution in [2.45, 2.75) is 19.9 Å². The molecule has 7 heteroatoms. The van der Waals surface area contributed by atoms with Gasteiger partial charge >= 0.3 is 0 Å². The first-order valence-corrected chi connectivity index (χ1v) is 11.8. The van der Waals surface area contributed by atoms with Crippen molar-refractivity contribution in [3.63, 3.8) is 0 Å².